The Bertz CT molecular complexity index is 742. The molecule has 1 N–H and O–H groups in total. The second-order valence-corrected chi connectivity index (χ2v) is 5.73. The van der Waals surface area contributed by atoms with Gasteiger partial charge in [0.2, 0.25) is 0 Å². The summed E-state index contributed by atoms with van der Waals surface area (Å²) in [5.74, 6) is -0.328. The van der Waals surface area contributed by atoms with Gasteiger partial charge in [-0.2, -0.15) is 5.10 Å². The van der Waals surface area contributed by atoms with Crippen molar-refractivity contribution in [1.29, 1.82) is 0 Å². The van der Waals surface area contributed by atoms with Crippen LogP contribution in [0.1, 0.15) is 5.56 Å². The fraction of sp³-hybridized carbons (Fsp3) is 0.263. The molecule has 0 aliphatic carbocycles. The highest BCUT2D eigenvalue weighted by molar-refractivity contribution is 5.83. The molecule has 2 aromatic carbocycles. The Balaban J connectivity index is 1.44. The summed E-state index contributed by atoms with van der Waals surface area (Å²) in [6.45, 7) is 3.07. The monoisotopic (exact) mass is 357 g/mol. The summed E-state index contributed by atoms with van der Waals surface area (Å²) in [6.07, 6.45) is 1.57. The summed E-state index contributed by atoms with van der Waals surface area (Å²) in [5, 5.41) is 3.91. The number of anilines is 1. The lowest BCUT2D eigenvalue weighted by molar-refractivity contribution is -0.123. The van der Waals surface area contributed by atoms with E-state index in [4.69, 9.17) is 9.47 Å². The van der Waals surface area contributed by atoms with Gasteiger partial charge in [0.15, 0.2) is 6.61 Å². The zero-order valence-electron chi connectivity index (χ0n) is 14.2. The van der Waals surface area contributed by atoms with Crippen LogP contribution in [-0.2, 0) is 9.53 Å². The summed E-state index contributed by atoms with van der Waals surface area (Å²) in [6, 6.07) is 13.4. The minimum absolute atomic E-state index is 0.195. The molecule has 1 amide bonds. The molecule has 0 aromatic heterocycles. The van der Waals surface area contributed by atoms with Gasteiger partial charge < -0.3 is 14.4 Å². The number of amides is 1. The Labute approximate surface area is 151 Å². The SMILES string of the molecule is O=C(COc1ccc(F)cc1)NN=Cc1ccc(N2CCOCC2)cc1. The number of hydrazone groups is 1. The first-order chi connectivity index (χ1) is 12.7. The number of morpholine rings is 1. The first-order valence-corrected chi connectivity index (χ1v) is 8.34. The number of hydrogen-bond donors (Lipinski definition) is 1. The lowest BCUT2D eigenvalue weighted by Gasteiger charge is -2.28. The summed E-state index contributed by atoms with van der Waals surface area (Å²) in [4.78, 5) is 14.0. The van der Waals surface area contributed by atoms with Gasteiger partial charge in [-0.1, -0.05) is 12.1 Å². The van der Waals surface area contributed by atoms with Crippen LogP contribution in [0.4, 0.5) is 10.1 Å². The number of carbonyl (C=O) groups is 1. The van der Waals surface area contributed by atoms with Crippen LogP contribution in [0, 0.1) is 5.82 Å². The standard InChI is InChI=1S/C19H20FN3O3/c20-16-3-7-18(8-4-16)26-14-19(24)22-21-13-15-1-5-17(6-2-15)23-9-11-25-12-10-23/h1-8,13H,9-12,14H2,(H,22,24). The van der Waals surface area contributed by atoms with Crippen LogP contribution in [0.3, 0.4) is 0 Å². The molecular formula is C19H20FN3O3. The first kappa shape index (κ1) is 17.9. The van der Waals surface area contributed by atoms with Gasteiger partial charge in [-0.25, -0.2) is 9.82 Å². The van der Waals surface area contributed by atoms with Crippen molar-refractivity contribution in [2.24, 2.45) is 5.10 Å². The van der Waals surface area contributed by atoms with Crippen molar-refractivity contribution in [3.63, 3.8) is 0 Å². The summed E-state index contributed by atoms with van der Waals surface area (Å²) < 4.78 is 23.4. The largest absolute Gasteiger partial charge is 0.484 e. The predicted octanol–water partition coefficient (Wildman–Crippen LogP) is 2.19. The highest BCUT2D eigenvalue weighted by atomic mass is 19.1. The predicted molar refractivity (Wildman–Crippen MR) is 97.1 cm³/mol. The molecule has 1 aliphatic rings. The van der Waals surface area contributed by atoms with E-state index in [1.54, 1.807) is 6.21 Å². The molecule has 136 valence electrons. The average Bonchev–Trinajstić information content (AvgIpc) is 2.69. The third kappa shape index (κ3) is 5.29. The van der Waals surface area contributed by atoms with Crippen molar-refractivity contribution in [1.82, 2.24) is 5.43 Å². The smallest absolute Gasteiger partial charge is 0.277 e. The fourth-order valence-electron chi connectivity index (χ4n) is 2.48. The summed E-state index contributed by atoms with van der Waals surface area (Å²) >= 11 is 0. The number of nitrogens with one attached hydrogen (secondary N) is 1. The molecule has 0 radical (unpaired) electrons. The van der Waals surface area contributed by atoms with E-state index in [1.165, 1.54) is 24.3 Å². The molecule has 0 spiro atoms. The molecule has 1 saturated heterocycles. The Morgan fingerprint density at radius 3 is 2.54 bits per heavy atom. The van der Waals surface area contributed by atoms with Gasteiger partial charge in [0, 0.05) is 18.8 Å². The van der Waals surface area contributed by atoms with E-state index in [-0.39, 0.29) is 12.4 Å². The van der Waals surface area contributed by atoms with Crippen molar-refractivity contribution in [2.75, 3.05) is 37.8 Å². The Morgan fingerprint density at radius 2 is 1.85 bits per heavy atom. The van der Waals surface area contributed by atoms with Crippen molar-refractivity contribution in [3.8, 4) is 5.75 Å². The van der Waals surface area contributed by atoms with Gasteiger partial charge in [-0.05, 0) is 42.0 Å². The minimum Gasteiger partial charge on any atom is -0.484 e. The number of hydrogen-bond acceptors (Lipinski definition) is 5. The van der Waals surface area contributed by atoms with Gasteiger partial charge in [-0.3, -0.25) is 4.79 Å². The van der Waals surface area contributed by atoms with Crippen molar-refractivity contribution in [2.45, 2.75) is 0 Å². The number of carbonyl (C=O) groups excluding carboxylic acids is 1. The van der Waals surface area contributed by atoms with E-state index in [1.807, 2.05) is 24.3 Å². The number of halogens is 1. The molecule has 0 unspecified atom stereocenters. The van der Waals surface area contributed by atoms with Gasteiger partial charge in [0.05, 0.1) is 19.4 Å². The van der Waals surface area contributed by atoms with Gasteiger partial charge >= 0.3 is 0 Å². The molecule has 0 saturated carbocycles. The third-order valence-electron chi connectivity index (χ3n) is 3.86. The topological polar surface area (TPSA) is 63.2 Å². The molecule has 7 heteroatoms. The van der Waals surface area contributed by atoms with Crippen LogP contribution < -0.4 is 15.1 Å². The molecule has 6 nitrogen and oxygen atoms in total. The average molecular weight is 357 g/mol. The molecule has 1 aliphatic heterocycles. The molecule has 3 rings (SSSR count). The van der Waals surface area contributed by atoms with E-state index in [2.05, 4.69) is 15.4 Å². The van der Waals surface area contributed by atoms with Gasteiger partial charge in [0.1, 0.15) is 11.6 Å². The number of rotatable bonds is 6. The van der Waals surface area contributed by atoms with Crippen molar-refractivity contribution >= 4 is 17.8 Å². The first-order valence-electron chi connectivity index (χ1n) is 8.34. The maximum Gasteiger partial charge on any atom is 0.277 e. The normalized spacial score (nSPS) is 14.4. The lowest BCUT2D eigenvalue weighted by atomic mass is 10.2. The third-order valence-corrected chi connectivity index (χ3v) is 3.86. The van der Waals surface area contributed by atoms with Gasteiger partial charge in [-0.15, -0.1) is 0 Å². The van der Waals surface area contributed by atoms with Gasteiger partial charge in [0.25, 0.3) is 5.91 Å². The quantitative estimate of drug-likeness (QED) is 0.636. The molecule has 0 atom stereocenters. The van der Waals surface area contributed by atoms with Crippen LogP contribution >= 0.6 is 0 Å². The molecular weight excluding hydrogens is 337 g/mol. The van der Waals surface area contributed by atoms with Crippen LogP contribution in [0.2, 0.25) is 0 Å². The Morgan fingerprint density at radius 1 is 1.15 bits per heavy atom. The van der Waals surface area contributed by atoms with E-state index in [0.717, 1.165) is 37.6 Å². The maximum absolute atomic E-state index is 12.8. The van der Waals surface area contributed by atoms with Crippen LogP contribution in [0.15, 0.2) is 53.6 Å². The number of nitrogens with zero attached hydrogens (tertiary/aromatic N) is 2. The van der Waals surface area contributed by atoms with Crippen LogP contribution in [0.5, 0.6) is 5.75 Å². The van der Waals surface area contributed by atoms with Crippen LogP contribution in [-0.4, -0.2) is 45.0 Å². The van der Waals surface area contributed by atoms with E-state index < -0.39 is 5.91 Å². The maximum atomic E-state index is 12.8. The van der Waals surface area contributed by atoms with Crippen molar-refractivity contribution in [3.05, 3.63) is 59.9 Å². The molecule has 0 bridgehead atoms. The highest BCUT2D eigenvalue weighted by Gasteiger charge is 2.10. The van der Waals surface area contributed by atoms with E-state index >= 15 is 0 Å². The molecule has 1 heterocycles. The minimum atomic E-state index is -0.393. The Hall–Kier alpha value is -2.93. The van der Waals surface area contributed by atoms with E-state index in [0.29, 0.717) is 5.75 Å². The van der Waals surface area contributed by atoms with Crippen molar-refractivity contribution < 1.29 is 18.7 Å². The highest BCUT2D eigenvalue weighted by Crippen LogP contribution is 2.16. The molecule has 2 aromatic rings. The number of ether oxygens (including phenoxy) is 2. The Kier molecular flexibility index (Phi) is 6.16. The molecule has 1 fully saturated rings. The second kappa shape index (κ2) is 8.96. The van der Waals surface area contributed by atoms with Crippen LogP contribution in [0.25, 0.3) is 0 Å². The number of benzene rings is 2. The summed E-state index contributed by atoms with van der Waals surface area (Å²) in [5.41, 5.74) is 4.41. The second-order valence-electron chi connectivity index (χ2n) is 5.73. The zero-order chi connectivity index (χ0) is 18.2. The zero-order valence-corrected chi connectivity index (χ0v) is 14.2. The molecule has 26 heavy (non-hydrogen) atoms. The summed E-state index contributed by atoms with van der Waals surface area (Å²) in [7, 11) is 0. The fourth-order valence-corrected chi connectivity index (χ4v) is 2.48. The lowest BCUT2D eigenvalue weighted by Crippen LogP contribution is -2.36. The van der Waals surface area contributed by atoms with E-state index in [9.17, 15) is 9.18 Å².